The Morgan fingerprint density at radius 1 is 0.975 bits per heavy atom. The molecule has 6 rings (SSSR count). The summed E-state index contributed by atoms with van der Waals surface area (Å²) in [5.74, 6) is 2.37. The molecule has 1 N–H and O–H groups in total. The summed E-state index contributed by atoms with van der Waals surface area (Å²) < 4.78 is 10.9. The van der Waals surface area contributed by atoms with E-state index in [1.165, 1.54) is 11.3 Å². The van der Waals surface area contributed by atoms with Crippen molar-refractivity contribution in [2.75, 3.05) is 19.5 Å². The van der Waals surface area contributed by atoms with Crippen molar-refractivity contribution in [1.29, 1.82) is 0 Å². The highest BCUT2D eigenvalue weighted by Crippen LogP contribution is 2.33. The number of methoxy groups -OCH3 is 2. The van der Waals surface area contributed by atoms with Crippen LogP contribution in [0.4, 0.5) is 5.82 Å². The smallest absolute Gasteiger partial charge is 0.264 e. The molecule has 1 aliphatic carbocycles. The molecule has 3 aromatic carbocycles. The summed E-state index contributed by atoms with van der Waals surface area (Å²) in [6.45, 7) is 1.14. The van der Waals surface area contributed by atoms with Crippen molar-refractivity contribution in [3.63, 3.8) is 0 Å². The molecule has 1 fully saturated rings. The molecular weight excluding hydrogens is 520 g/mol. The van der Waals surface area contributed by atoms with Gasteiger partial charge in [0, 0.05) is 36.1 Å². The molecule has 0 unspecified atom stereocenters. The fraction of sp³-hybridized carbons (Fsp3) is 0.219. The number of thiophene rings is 1. The number of anilines is 1. The lowest BCUT2D eigenvalue weighted by Gasteiger charge is -2.22. The molecule has 0 atom stereocenters. The van der Waals surface area contributed by atoms with E-state index in [4.69, 9.17) is 9.47 Å². The molecule has 2 heterocycles. The average Bonchev–Trinajstić information content (AvgIpc) is 3.70. The number of nitrogens with one attached hydrogen (secondary N) is 1. The van der Waals surface area contributed by atoms with Gasteiger partial charge < -0.3 is 19.7 Å². The van der Waals surface area contributed by atoms with Crippen LogP contribution in [-0.2, 0) is 13.1 Å². The molecule has 0 radical (unpaired) electrons. The van der Waals surface area contributed by atoms with Gasteiger partial charge in [0.05, 0.1) is 24.6 Å². The Labute approximate surface area is 237 Å². The topological polar surface area (TPSA) is 76.6 Å². The Balaban J connectivity index is 1.25. The van der Waals surface area contributed by atoms with Gasteiger partial charge in [-0.3, -0.25) is 4.79 Å². The maximum absolute atomic E-state index is 13.2. The van der Waals surface area contributed by atoms with Crippen LogP contribution < -0.4 is 14.8 Å². The van der Waals surface area contributed by atoms with E-state index in [2.05, 4.69) is 51.7 Å². The first-order valence-electron chi connectivity index (χ1n) is 13.3. The predicted molar refractivity (Wildman–Crippen MR) is 159 cm³/mol. The number of ether oxygens (including phenoxy) is 2. The molecule has 0 bridgehead atoms. The van der Waals surface area contributed by atoms with Gasteiger partial charge in [0.1, 0.15) is 23.6 Å². The Kier molecular flexibility index (Phi) is 7.33. The van der Waals surface area contributed by atoms with E-state index in [-0.39, 0.29) is 5.91 Å². The van der Waals surface area contributed by atoms with Crippen molar-refractivity contribution in [3.05, 3.63) is 101 Å². The maximum Gasteiger partial charge on any atom is 0.264 e. The van der Waals surface area contributed by atoms with Crippen LogP contribution in [0.2, 0.25) is 0 Å². The molecular formula is C32H30N4O3S. The normalized spacial score (nSPS) is 12.8. The minimum absolute atomic E-state index is 0.120. The fourth-order valence-corrected chi connectivity index (χ4v) is 5.57. The Morgan fingerprint density at radius 2 is 1.85 bits per heavy atom. The van der Waals surface area contributed by atoms with E-state index >= 15 is 0 Å². The van der Waals surface area contributed by atoms with E-state index in [0.717, 1.165) is 68.2 Å². The lowest BCUT2D eigenvalue weighted by Crippen LogP contribution is -2.32. The first kappa shape index (κ1) is 25.8. The minimum Gasteiger partial charge on any atom is -0.497 e. The number of rotatable bonds is 10. The summed E-state index contributed by atoms with van der Waals surface area (Å²) in [7, 11) is 3.29. The molecule has 7 nitrogen and oxygen atoms in total. The first-order valence-corrected chi connectivity index (χ1v) is 14.1. The summed E-state index contributed by atoms with van der Waals surface area (Å²) >= 11 is 1.50. The third-order valence-corrected chi connectivity index (χ3v) is 8.03. The minimum atomic E-state index is 0.120. The molecule has 8 heteroatoms. The van der Waals surface area contributed by atoms with Gasteiger partial charge in [0.2, 0.25) is 0 Å². The van der Waals surface area contributed by atoms with Crippen molar-refractivity contribution >= 4 is 34.0 Å². The summed E-state index contributed by atoms with van der Waals surface area (Å²) in [5, 5.41) is 6.36. The molecule has 202 valence electrons. The van der Waals surface area contributed by atoms with Gasteiger partial charge in [-0.05, 0) is 71.3 Å². The fourth-order valence-electron chi connectivity index (χ4n) is 4.89. The molecule has 0 aliphatic heterocycles. The number of nitrogens with zero attached hydrogens (tertiary/aromatic N) is 3. The monoisotopic (exact) mass is 550 g/mol. The van der Waals surface area contributed by atoms with Crippen LogP contribution >= 0.6 is 11.3 Å². The maximum atomic E-state index is 13.2. The van der Waals surface area contributed by atoms with Crippen molar-refractivity contribution < 1.29 is 14.3 Å². The standard InChI is InChI=1S/C32H30N4O3S/c1-38-26-12-8-24(29(17-26)39-2)18-33-31-27-16-23(9-13-28(27)34-20-35-31)22-6-3-5-21(15-22)19-36(25-10-11-25)32(37)30-7-4-14-40-30/h3-9,12-17,20,25H,10-11,18-19H2,1-2H3,(H,33,34,35). The quantitative estimate of drug-likeness (QED) is 0.206. The highest BCUT2D eigenvalue weighted by Gasteiger charge is 2.33. The van der Waals surface area contributed by atoms with Crippen LogP contribution in [0.1, 0.15) is 33.6 Å². The zero-order valence-electron chi connectivity index (χ0n) is 22.5. The first-order chi connectivity index (χ1) is 19.6. The lowest BCUT2D eigenvalue weighted by atomic mass is 10.0. The average molecular weight is 551 g/mol. The van der Waals surface area contributed by atoms with Gasteiger partial charge >= 0.3 is 0 Å². The van der Waals surface area contributed by atoms with Crippen molar-refractivity contribution in [1.82, 2.24) is 14.9 Å². The molecule has 5 aromatic rings. The van der Waals surface area contributed by atoms with E-state index in [0.29, 0.717) is 19.1 Å². The number of carbonyl (C=O) groups is 1. The van der Waals surface area contributed by atoms with Gasteiger partial charge in [-0.2, -0.15) is 0 Å². The van der Waals surface area contributed by atoms with Crippen LogP contribution in [0.25, 0.3) is 22.0 Å². The van der Waals surface area contributed by atoms with Crippen LogP contribution in [0.5, 0.6) is 11.5 Å². The molecule has 2 aromatic heterocycles. The van der Waals surface area contributed by atoms with Crippen LogP contribution in [0, 0.1) is 0 Å². The van der Waals surface area contributed by atoms with E-state index in [1.807, 2.05) is 46.7 Å². The second-order valence-electron chi connectivity index (χ2n) is 9.83. The number of benzene rings is 3. The number of amides is 1. The second-order valence-corrected chi connectivity index (χ2v) is 10.8. The molecule has 0 saturated heterocycles. The Morgan fingerprint density at radius 3 is 2.62 bits per heavy atom. The highest BCUT2D eigenvalue weighted by molar-refractivity contribution is 7.12. The van der Waals surface area contributed by atoms with Crippen LogP contribution in [-0.4, -0.2) is 41.0 Å². The predicted octanol–water partition coefficient (Wildman–Crippen LogP) is 6.79. The lowest BCUT2D eigenvalue weighted by molar-refractivity contribution is 0.0735. The van der Waals surface area contributed by atoms with Gasteiger partial charge in [-0.1, -0.05) is 30.3 Å². The third-order valence-electron chi connectivity index (χ3n) is 7.17. The van der Waals surface area contributed by atoms with Gasteiger partial charge in [-0.15, -0.1) is 11.3 Å². The zero-order valence-corrected chi connectivity index (χ0v) is 23.3. The molecule has 0 spiro atoms. The molecule has 1 saturated carbocycles. The number of fused-ring (bicyclic) bond motifs is 1. The van der Waals surface area contributed by atoms with Gasteiger partial charge in [0.15, 0.2) is 0 Å². The van der Waals surface area contributed by atoms with Gasteiger partial charge in [0.25, 0.3) is 5.91 Å². The third kappa shape index (κ3) is 5.49. The van der Waals surface area contributed by atoms with E-state index in [9.17, 15) is 4.79 Å². The summed E-state index contributed by atoms with van der Waals surface area (Å²) in [4.78, 5) is 25.0. The number of carbonyl (C=O) groups excluding carboxylic acids is 1. The van der Waals surface area contributed by atoms with Crippen LogP contribution in [0.15, 0.2) is 84.5 Å². The van der Waals surface area contributed by atoms with Crippen molar-refractivity contribution in [2.24, 2.45) is 0 Å². The van der Waals surface area contributed by atoms with Crippen LogP contribution in [0.3, 0.4) is 0 Å². The van der Waals surface area contributed by atoms with Crippen molar-refractivity contribution in [3.8, 4) is 22.6 Å². The second kappa shape index (κ2) is 11.4. The SMILES string of the molecule is COc1ccc(CNc2ncnc3ccc(-c4cccc(CN(C(=O)c5cccs5)C5CC5)c4)cc23)c(OC)c1. The Hall–Kier alpha value is -4.43. The summed E-state index contributed by atoms with van der Waals surface area (Å²) in [6.07, 6.45) is 3.71. The summed E-state index contributed by atoms with van der Waals surface area (Å²) in [6, 6.07) is 24.6. The molecule has 1 amide bonds. The zero-order chi connectivity index (χ0) is 27.5. The molecule has 1 aliphatic rings. The number of hydrogen-bond acceptors (Lipinski definition) is 7. The number of aromatic nitrogens is 2. The number of hydrogen-bond donors (Lipinski definition) is 1. The summed E-state index contributed by atoms with van der Waals surface area (Å²) in [5.41, 5.74) is 5.13. The Bertz CT molecular complexity index is 1650. The van der Waals surface area contributed by atoms with Gasteiger partial charge in [-0.25, -0.2) is 9.97 Å². The largest absolute Gasteiger partial charge is 0.497 e. The van der Waals surface area contributed by atoms with E-state index in [1.54, 1.807) is 20.5 Å². The molecule has 40 heavy (non-hydrogen) atoms. The van der Waals surface area contributed by atoms with E-state index < -0.39 is 0 Å². The van der Waals surface area contributed by atoms with Crippen molar-refractivity contribution in [2.45, 2.75) is 32.0 Å². The highest BCUT2D eigenvalue weighted by atomic mass is 32.1.